The molecule has 19 heavy (non-hydrogen) atoms. The molecule has 1 aliphatic carbocycles. The van der Waals surface area contributed by atoms with Gasteiger partial charge in [-0.15, -0.1) is 0 Å². The third kappa shape index (κ3) is 2.89. The van der Waals surface area contributed by atoms with E-state index in [2.05, 4.69) is 0 Å². The fourth-order valence-corrected chi connectivity index (χ4v) is 2.23. The van der Waals surface area contributed by atoms with E-state index in [4.69, 9.17) is 0 Å². The van der Waals surface area contributed by atoms with Crippen LogP contribution in [0.2, 0.25) is 0 Å². The van der Waals surface area contributed by atoms with Crippen molar-refractivity contribution in [3.05, 3.63) is 34.9 Å². The zero-order valence-electron chi connectivity index (χ0n) is 11.2. The molecule has 0 aliphatic heterocycles. The van der Waals surface area contributed by atoms with E-state index in [1.54, 1.807) is 24.1 Å². The first kappa shape index (κ1) is 13.5. The van der Waals surface area contributed by atoms with Crippen LogP contribution in [0.3, 0.4) is 0 Å². The third-order valence-corrected chi connectivity index (χ3v) is 3.45. The highest BCUT2D eigenvalue weighted by molar-refractivity contribution is 6.10. The van der Waals surface area contributed by atoms with Gasteiger partial charge in [0.15, 0.2) is 11.6 Å². The Morgan fingerprint density at radius 1 is 1.16 bits per heavy atom. The number of amides is 1. The summed E-state index contributed by atoms with van der Waals surface area (Å²) >= 11 is 0. The zero-order chi connectivity index (χ0) is 14.0. The van der Waals surface area contributed by atoms with Crippen LogP contribution in [0, 0.1) is 0 Å². The van der Waals surface area contributed by atoms with Gasteiger partial charge >= 0.3 is 0 Å². The van der Waals surface area contributed by atoms with Gasteiger partial charge in [0.05, 0.1) is 0 Å². The minimum Gasteiger partial charge on any atom is -0.342 e. The molecular weight excluding hydrogens is 242 g/mol. The maximum Gasteiger partial charge on any atom is 0.219 e. The lowest BCUT2D eigenvalue weighted by Gasteiger charge is -2.15. The van der Waals surface area contributed by atoms with Crippen molar-refractivity contribution in [3.63, 3.8) is 0 Å². The van der Waals surface area contributed by atoms with Gasteiger partial charge in [-0.3, -0.25) is 14.4 Å². The van der Waals surface area contributed by atoms with Crippen LogP contribution < -0.4 is 0 Å². The zero-order valence-corrected chi connectivity index (χ0v) is 11.2. The Morgan fingerprint density at radius 3 is 2.42 bits per heavy atom. The van der Waals surface area contributed by atoms with Crippen molar-refractivity contribution in [2.24, 2.45) is 0 Å². The van der Waals surface area contributed by atoms with Gasteiger partial charge < -0.3 is 4.90 Å². The molecular formula is C15H17NO3. The van der Waals surface area contributed by atoms with Crippen LogP contribution in [0.15, 0.2) is 18.2 Å². The Labute approximate surface area is 112 Å². The molecule has 0 fully saturated rings. The Balaban J connectivity index is 2.34. The maximum absolute atomic E-state index is 12.0. The van der Waals surface area contributed by atoms with Crippen molar-refractivity contribution < 1.29 is 14.4 Å². The van der Waals surface area contributed by atoms with Crippen molar-refractivity contribution in [1.82, 2.24) is 4.90 Å². The van der Waals surface area contributed by atoms with Crippen molar-refractivity contribution in [3.8, 4) is 0 Å². The fraction of sp³-hybridized carbons (Fsp3) is 0.400. The average molecular weight is 259 g/mol. The second kappa shape index (κ2) is 5.34. The number of nitrogens with zero attached hydrogens (tertiary/aromatic N) is 1. The number of rotatable bonds is 2. The molecule has 1 aromatic carbocycles. The molecule has 0 spiro atoms. The van der Waals surface area contributed by atoms with Crippen LogP contribution in [-0.2, 0) is 11.3 Å². The number of ketones is 2. The van der Waals surface area contributed by atoms with E-state index in [0.29, 0.717) is 36.9 Å². The Morgan fingerprint density at radius 2 is 1.79 bits per heavy atom. The quantitative estimate of drug-likeness (QED) is 0.765. The number of hydrogen-bond acceptors (Lipinski definition) is 3. The van der Waals surface area contributed by atoms with E-state index >= 15 is 0 Å². The summed E-state index contributed by atoms with van der Waals surface area (Å²) in [6.07, 6.45) is 1.48. The highest BCUT2D eigenvalue weighted by Crippen LogP contribution is 2.22. The predicted molar refractivity (Wildman–Crippen MR) is 71.1 cm³/mol. The smallest absolute Gasteiger partial charge is 0.219 e. The Bertz CT molecular complexity index is 548. The predicted octanol–water partition coefficient (Wildman–Crippen LogP) is 2.21. The van der Waals surface area contributed by atoms with E-state index in [0.717, 1.165) is 5.56 Å². The lowest BCUT2D eigenvalue weighted by molar-refractivity contribution is -0.128. The van der Waals surface area contributed by atoms with Crippen LogP contribution in [0.1, 0.15) is 52.5 Å². The van der Waals surface area contributed by atoms with Crippen molar-refractivity contribution in [1.29, 1.82) is 0 Å². The van der Waals surface area contributed by atoms with Crippen LogP contribution in [0.5, 0.6) is 0 Å². The molecule has 0 unspecified atom stereocenters. The largest absolute Gasteiger partial charge is 0.342 e. The molecule has 4 nitrogen and oxygen atoms in total. The highest BCUT2D eigenvalue weighted by Gasteiger charge is 2.21. The molecule has 100 valence electrons. The first-order valence-corrected chi connectivity index (χ1v) is 6.40. The fourth-order valence-electron chi connectivity index (χ4n) is 2.23. The van der Waals surface area contributed by atoms with E-state index in [1.807, 2.05) is 6.07 Å². The number of carbonyl (C=O) groups is 3. The molecule has 1 amide bonds. The number of fused-ring (bicyclic) bond motifs is 1. The summed E-state index contributed by atoms with van der Waals surface area (Å²) in [5, 5.41) is 0. The second-order valence-corrected chi connectivity index (χ2v) is 4.95. The molecule has 0 saturated carbocycles. The summed E-state index contributed by atoms with van der Waals surface area (Å²) in [6, 6.07) is 5.28. The summed E-state index contributed by atoms with van der Waals surface area (Å²) < 4.78 is 0. The lowest BCUT2D eigenvalue weighted by atomic mass is 9.98. The topological polar surface area (TPSA) is 54.5 Å². The van der Waals surface area contributed by atoms with Crippen molar-refractivity contribution >= 4 is 17.5 Å². The summed E-state index contributed by atoms with van der Waals surface area (Å²) in [7, 11) is 1.71. The van der Waals surface area contributed by atoms with Gasteiger partial charge in [-0.25, -0.2) is 0 Å². The first-order chi connectivity index (χ1) is 8.99. The minimum atomic E-state index is -0.0302. The summed E-state index contributed by atoms with van der Waals surface area (Å²) in [5.41, 5.74) is 1.91. The van der Waals surface area contributed by atoms with Gasteiger partial charge in [-0.05, 0) is 18.1 Å². The second-order valence-electron chi connectivity index (χ2n) is 4.95. The monoisotopic (exact) mass is 259 g/mol. The molecule has 4 heteroatoms. The van der Waals surface area contributed by atoms with E-state index < -0.39 is 0 Å². The molecule has 0 atom stereocenters. The summed E-state index contributed by atoms with van der Waals surface area (Å²) in [6.45, 7) is 1.95. The molecule has 2 rings (SSSR count). The maximum atomic E-state index is 12.0. The summed E-state index contributed by atoms with van der Waals surface area (Å²) in [5.74, 6) is 0.0258. The van der Waals surface area contributed by atoms with Crippen LogP contribution in [-0.4, -0.2) is 29.4 Å². The summed E-state index contributed by atoms with van der Waals surface area (Å²) in [4.78, 5) is 36.7. The van der Waals surface area contributed by atoms with Crippen LogP contribution in [0.4, 0.5) is 0 Å². The number of benzene rings is 1. The van der Waals surface area contributed by atoms with Crippen molar-refractivity contribution in [2.75, 3.05) is 7.05 Å². The molecule has 0 heterocycles. The van der Waals surface area contributed by atoms with E-state index in [1.165, 1.54) is 6.92 Å². The molecule has 1 aromatic rings. The van der Waals surface area contributed by atoms with Crippen molar-refractivity contribution in [2.45, 2.75) is 32.7 Å². The van der Waals surface area contributed by atoms with E-state index in [9.17, 15) is 14.4 Å². The van der Waals surface area contributed by atoms with Gasteiger partial charge in [0, 0.05) is 44.5 Å². The first-order valence-electron chi connectivity index (χ1n) is 6.40. The Kier molecular flexibility index (Phi) is 3.79. The van der Waals surface area contributed by atoms with Gasteiger partial charge in [-0.1, -0.05) is 12.1 Å². The molecule has 0 bridgehead atoms. The van der Waals surface area contributed by atoms with Gasteiger partial charge in [-0.2, -0.15) is 0 Å². The number of carbonyl (C=O) groups excluding carboxylic acids is 3. The highest BCUT2D eigenvalue weighted by atomic mass is 16.2. The lowest BCUT2D eigenvalue weighted by Crippen LogP contribution is -2.23. The molecule has 1 aliphatic rings. The standard InChI is InChI=1S/C15H17NO3/c1-10(17)16(2)9-11-6-7-12-13(8-11)15(19)5-3-4-14(12)18/h6-8H,3-5,9H2,1-2H3. The number of hydrogen-bond donors (Lipinski definition) is 0. The van der Waals surface area contributed by atoms with Gasteiger partial charge in [0.1, 0.15) is 0 Å². The molecule has 0 aromatic heterocycles. The molecule has 0 saturated heterocycles. The molecule has 0 N–H and O–H groups in total. The van der Waals surface area contributed by atoms with E-state index in [-0.39, 0.29) is 17.5 Å². The normalized spacial score (nSPS) is 14.8. The van der Waals surface area contributed by atoms with Gasteiger partial charge in [0.25, 0.3) is 0 Å². The molecule has 0 radical (unpaired) electrons. The third-order valence-electron chi connectivity index (χ3n) is 3.45. The van der Waals surface area contributed by atoms with Crippen LogP contribution in [0.25, 0.3) is 0 Å². The Hall–Kier alpha value is -1.97. The SMILES string of the molecule is CC(=O)N(C)Cc1ccc2c(c1)C(=O)CCCC2=O. The number of Topliss-reactive ketones (excluding diaryl/α,β-unsaturated/α-hetero) is 2. The van der Waals surface area contributed by atoms with Gasteiger partial charge in [0.2, 0.25) is 5.91 Å². The van der Waals surface area contributed by atoms with Crippen LogP contribution >= 0.6 is 0 Å². The average Bonchev–Trinajstić information content (AvgIpc) is 2.50. The minimum absolute atomic E-state index is 0.0215.